The van der Waals surface area contributed by atoms with E-state index in [0.29, 0.717) is 18.1 Å². The molecule has 0 spiro atoms. The molecule has 0 atom stereocenters. The van der Waals surface area contributed by atoms with Crippen LogP contribution in [0.4, 0.5) is 13.2 Å². The molecule has 1 saturated heterocycles. The van der Waals surface area contributed by atoms with Crippen LogP contribution < -0.4 is 5.73 Å². The summed E-state index contributed by atoms with van der Waals surface area (Å²) in [5, 5.41) is 11.6. The molecule has 0 aromatic heterocycles. The Labute approximate surface area is 111 Å². The van der Waals surface area contributed by atoms with E-state index in [4.69, 9.17) is 15.7 Å². The van der Waals surface area contributed by atoms with Crippen LogP contribution in [0, 0.1) is 0 Å². The summed E-state index contributed by atoms with van der Waals surface area (Å²) in [7, 11) is 0. The average Bonchev–Trinajstić information content (AvgIpc) is 2.31. The van der Waals surface area contributed by atoms with Crippen molar-refractivity contribution in [3.8, 4) is 0 Å². The number of alkyl halides is 3. The maximum Gasteiger partial charge on any atom is 0.416 e. The zero-order valence-electron chi connectivity index (χ0n) is 9.65. The highest BCUT2D eigenvalue weighted by molar-refractivity contribution is 8.00. The van der Waals surface area contributed by atoms with E-state index in [2.05, 4.69) is 5.16 Å². The molecule has 1 fully saturated rings. The molecule has 0 bridgehead atoms. The number of halogens is 3. The minimum Gasteiger partial charge on any atom is -0.409 e. The van der Waals surface area contributed by atoms with E-state index in [1.165, 1.54) is 17.8 Å². The molecule has 0 amide bonds. The summed E-state index contributed by atoms with van der Waals surface area (Å²) < 4.78 is 42.9. The highest BCUT2D eigenvalue weighted by Gasteiger charge is 2.32. The molecular formula is C11H11F3N2O2S. The Morgan fingerprint density at radius 3 is 2.58 bits per heavy atom. The minimum atomic E-state index is -4.47. The van der Waals surface area contributed by atoms with E-state index in [1.807, 2.05) is 0 Å². The van der Waals surface area contributed by atoms with Gasteiger partial charge in [-0.05, 0) is 18.2 Å². The van der Waals surface area contributed by atoms with Gasteiger partial charge in [-0.25, -0.2) is 0 Å². The Morgan fingerprint density at radius 1 is 1.42 bits per heavy atom. The number of rotatable bonds is 3. The third kappa shape index (κ3) is 3.13. The van der Waals surface area contributed by atoms with Crippen LogP contribution >= 0.6 is 11.8 Å². The molecule has 8 heteroatoms. The van der Waals surface area contributed by atoms with Gasteiger partial charge in [-0.15, -0.1) is 11.8 Å². The van der Waals surface area contributed by atoms with Crippen molar-refractivity contribution in [3.63, 3.8) is 0 Å². The van der Waals surface area contributed by atoms with Crippen molar-refractivity contribution in [3.05, 3.63) is 29.3 Å². The molecule has 2 rings (SSSR count). The highest BCUT2D eigenvalue weighted by atomic mass is 32.2. The predicted octanol–water partition coefficient (Wildman–Crippen LogP) is 2.29. The van der Waals surface area contributed by atoms with Gasteiger partial charge in [0.2, 0.25) is 0 Å². The van der Waals surface area contributed by atoms with Crippen molar-refractivity contribution in [1.82, 2.24) is 0 Å². The quantitative estimate of drug-likeness (QED) is 0.388. The summed E-state index contributed by atoms with van der Waals surface area (Å²) in [5.74, 6) is -0.339. The molecule has 4 nitrogen and oxygen atoms in total. The summed E-state index contributed by atoms with van der Waals surface area (Å²) in [4.78, 5) is 0.539. The van der Waals surface area contributed by atoms with Crippen LogP contribution in [0.25, 0.3) is 0 Å². The van der Waals surface area contributed by atoms with E-state index in [-0.39, 0.29) is 16.6 Å². The third-order valence-corrected chi connectivity index (χ3v) is 3.81. The van der Waals surface area contributed by atoms with Crippen LogP contribution in [0.3, 0.4) is 0 Å². The maximum atomic E-state index is 12.6. The fraction of sp³-hybridized carbons (Fsp3) is 0.364. The molecule has 1 aliphatic heterocycles. The number of oxime groups is 1. The van der Waals surface area contributed by atoms with Crippen LogP contribution in [0.1, 0.15) is 11.1 Å². The van der Waals surface area contributed by atoms with Gasteiger partial charge in [0.1, 0.15) is 0 Å². The number of amidine groups is 1. The van der Waals surface area contributed by atoms with Crippen LogP contribution in [-0.4, -0.2) is 29.5 Å². The summed E-state index contributed by atoms with van der Waals surface area (Å²) in [5.41, 5.74) is 4.68. The van der Waals surface area contributed by atoms with E-state index in [1.54, 1.807) is 0 Å². The fourth-order valence-corrected chi connectivity index (χ4v) is 2.65. The molecule has 0 radical (unpaired) electrons. The molecule has 3 N–H and O–H groups in total. The van der Waals surface area contributed by atoms with Gasteiger partial charge in [-0.1, -0.05) is 5.16 Å². The number of hydrogen-bond donors (Lipinski definition) is 2. The second-order valence-electron chi connectivity index (χ2n) is 3.97. The van der Waals surface area contributed by atoms with Gasteiger partial charge >= 0.3 is 6.18 Å². The van der Waals surface area contributed by atoms with Crippen LogP contribution in [0.15, 0.2) is 28.3 Å². The van der Waals surface area contributed by atoms with Crippen molar-refractivity contribution in [2.75, 3.05) is 13.2 Å². The highest BCUT2D eigenvalue weighted by Crippen LogP contribution is 2.35. The second kappa shape index (κ2) is 5.30. The fourth-order valence-electron chi connectivity index (χ4n) is 1.52. The zero-order chi connectivity index (χ0) is 14.0. The topological polar surface area (TPSA) is 67.8 Å². The maximum absolute atomic E-state index is 12.6. The number of thioether (sulfide) groups is 1. The number of hydrogen-bond acceptors (Lipinski definition) is 4. The van der Waals surface area contributed by atoms with Crippen LogP contribution in [0.5, 0.6) is 0 Å². The standard InChI is InChI=1S/C11H11F3N2O2S/c12-11(13,14)6-1-2-9(19-7-4-18-5-7)8(3-6)10(15)16-17/h1-3,7,17H,4-5H2,(H2,15,16). The van der Waals surface area contributed by atoms with Crippen molar-refractivity contribution in [2.45, 2.75) is 16.3 Å². The average molecular weight is 292 g/mol. The number of nitrogens with zero attached hydrogens (tertiary/aromatic N) is 1. The summed E-state index contributed by atoms with van der Waals surface area (Å²) in [6.45, 7) is 1.09. The second-order valence-corrected chi connectivity index (χ2v) is 5.31. The Balaban J connectivity index is 2.36. The van der Waals surface area contributed by atoms with Gasteiger partial charge in [-0.2, -0.15) is 13.2 Å². The Kier molecular flexibility index (Phi) is 3.91. The van der Waals surface area contributed by atoms with Crippen LogP contribution in [0.2, 0.25) is 0 Å². The largest absolute Gasteiger partial charge is 0.416 e. The lowest BCUT2D eigenvalue weighted by Gasteiger charge is -2.26. The van der Waals surface area contributed by atoms with Gasteiger partial charge in [0.05, 0.1) is 24.0 Å². The van der Waals surface area contributed by atoms with Crippen molar-refractivity contribution >= 4 is 17.6 Å². The molecule has 1 aromatic carbocycles. The predicted molar refractivity (Wildman–Crippen MR) is 64.4 cm³/mol. The first-order valence-electron chi connectivity index (χ1n) is 5.35. The molecule has 1 aromatic rings. The van der Waals surface area contributed by atoms with Crippen molar-refractivity contribution < 1.29 is 23.1 Å². The molecule has 1 heterocycles. The lowest BCUT2D eigenvalue weighted by molar-refractivity contribution is -0.137. The van der Waals surface area contributed by atoms with Gasteiger partial charge in [0, 0.05) is 10.5 Å². The molecule has 1 aliphatic rings. The first-order valence-corrected chi connectivity index (χ1v) is 6.23. The van der Waals surface area contributed by atoms with Gasteiger partial charge in [0.15, 0.2) is 5.84 Å². The molecule has 0 saturated carbocycles. The third-order valence-electron chi connectivity index (χ3n) is 2.59. The number of nitrogens with two attached hydrogens (primary N) is 1. The first-order chi connectivity index (χ1) is 8.91. The molecule has 104 valence electrons. The van der Waals surface area contributed by atoms with E-state index in [9.17, 15) is 13.2 Å². The Hall–Kier alpha value is -1.41. The van der Waals surface area contributed by atoms with E-state index < -0.39 is 11.7 Å². The normalized spacial score (nSPS) is 17.3. The lowest BCUT2D eigenvalue weighted by Crippen LogP contribution is -2.30. The Bertz CT molecular complexity index is 501. The number of benzene rings is 1. The SMILES string of the molecule is NC(=NO)c1cc(C(F)(F)F)ccc1SC1COC1. The Morgan fingerprint density at radius 2 is 2.11 bits per heavy atom. The number of ether oxygens (including phenoxy) is 1. The summed E-state index contributed by atoms with van der Waals surface area (Å²) in [6.07, 6.45) is -4.47. The summed E-state index contributed by atoms with van der Waals surface area (Å²) >= 11 is 1.36. The van der Waals surface area contributed by atoms with Crippen molar-refractivity contribution in [2.24, 2.45) is 10.9 Å². The van der Waals surface area contributed by atoms with Crippen molar-refractivity contribution in [1.29, 1.82) is 0 Å². The van der Waals surface area contributed by atoms with E-state index in [0.717, 1.165) is 12.1 Å². The molecular weight excluding hydrogens is 281 g/mol. The smallest absolute Gasteiger partial charge is 0.409 e. The molecule has 0 unspecified atom stereocenters. The van der Waals surface area contributed by atoms with Crippen LogP contribution in [-0.2, 0) is 10.9 Å². The van der Waals surface area contributed by atoms with Gasteiger partial charge in [-0.3, -0.25) is 0 Å². The molecule has 19 heavy (non-hydrogen) atoms. The van der Waals surface area contributed by atoms with E-state index >= 15 is 0 Å². The minimum absolute atomic E-state index is 0.0780. The first kappa shape index (κ1) is 14.0. The molecule has 0 aliphatic carbocycles. The summed E-state index contributed by atoms with van der Waals surface area (Å²) in [6, 6.07) is 3.20. The van der Waals surface area contributed by atoms with Gasteiger partial charge < -0.3 is 15.7 Å². The van der Waals surface area contributed by atoms with Gasteiger partial charge in [0.25, 0.3) is 0 Å². The monoisotopic (exact) mass is 292 g/mol. The zero-order valence-corrected chi connectivity index (χ0v) is 10.5. The lowest BCUT2D eigenvalue weighted by atomic mass is 10.1.